The van der Waals surface area contributed by atoms with Gasteiger partial charge in [-0.2, -0.15) is 0 Å². The van der Waals surface area contributed by atoms with Gasteiger partial charge in [0.1, 0.15) is 12.4 Å². The number of fused-ring (bicyclic) bond motifs is 1. The van der Waals surface area contributed by atoms with Gasteiger partial charge in [0.2, 0.25) is 5.91 Å². The second-order valence-electron chi connectivity index (χ2n) is 11.5. The molecule has 2 N–H and O–H groups in total. The van der Waals surface area contributed by atoms with Crippen LogP contribution < -0.4 is 20.3 Å². The smallest absolute Gasteiger partial charge is 0.220 e. The molecule has 3 aliphatic heterocycles. The molecule has 214 valence electrons. The molecule has 3 heterocycles. The van der Waals surface area contributed by atoms with E-state index in [2.05, 4.69) is 47.6 Å². The maximum Gasteiger partial charge on any atom is 0.220 e. The Bertz CT molecular complexity index is 852. The predicted octanol–water partition coefficient (Wildman–Crippen LogP) is 3.91. The van der Waals surface area contributed by atoms with Gasteiger partial charge in [-0.25, -0.2) is 0 Å². The third kappa shape index (κ3) is 8.83. The quantitative estimate of drug-likeness (QED) is 0.374. The van der Waals surface area contributed by atoms with E-state index in [9.17, 15) is 4.79 Å². The Morgan fingerprint density at radius 3 is 2.76 bits per heavy atom. The number of nitrogens with one attached hydrogen (secondary N) is 2. The number of benzene rings is 1. The molecular weight excluding hydrogens is 482 g/mol. The van der Waals surface area contributed by atoms with E-state index < -0.39 is 0 Å². The van der Waals surface area contributed by atoms with Crippen LogP contribution in [0.15, 0.2) is 18.2 Å². The fourth-order valence-corrected chi connectivity index (χ4v) is 5.77. The van der Waals surface area contributed by atoms with E-state index in [0.717, 1.165) is 96.0 Å². The van der Waals surface area contributed by atoms with Crippen LogP contribution in [0.3, 0.4) is 0 Å². The van der Waals surface area contributed by atoms with Crippen LogP contribution in [0, 0.1) is 11.8 Å². The van der Waals surface area contributed by atoms with Crippen molar-refractivity contribution in [3.8, 4) is 5.75 Å². The summed E-state index contributed by atoms with van der Waals surface area (Å²) < 4.78 is 22.9. The first-order valence-electron chi connectivity index (χ1n) is 14.7. The number of anilines is 1. The highest BCUT2D eigenvalue weighted by Gasteiger charge is 2.27. The third-order valence-electron chi connectivity index (χ3n) is 8.22. The molecule has 1 aromatic rings. The number of amides is 1. The number of carbonyl (C=O) groups is 1. The predicted molar refractivity (Wildman–Crippen MR) is 150 cm³/mol. The largest absolute Gasteiger partial charge is 0.490 e. The van der Waals surface area contributed by atoms with Crippen LogP contribution in [0.1, 0.15) is 64.4 Å². The lowest BCUT2D eigenvalue weighted by atomic mass is 9.90. The normalized spacial score (nSPS) is 23.1. The number of nitrogens with zero attached hydrogens (tertiary/aromatic N) is 1. The average molecular weight is 532 g/mol. The second-order valence-corrected chi connectivity index (χ2v) is 11.5. The number of hydrogen-bond acceptors (Lipinski definition) is 7. The molecule has 4 rings (SSSR count). The highest BCUT2D eigenvalue weighted by molar-refractivity contribution is 5.76. The van der Waals surface area contributed by atoms with Crippen molar-refractivity contribution in [2.75, 3.05) is 58.1 Å². The summed E-state index contributed by atoms with van der Waals surface area (Å²) in [5.74, 6) is 2.02. The van der Waals surface area contributed by atoms with E-state index in [0.29, 0.717) is 30.9 Å². The summed E-state index contributed by atoms with van der Waals surface area (Å²) >= 11 is 0. The Morgan fingerprint density at radius 1 is 1.18 bits per heavy atom. The molecule has 1 amide bonds. The van der Waals surface area contributed by atoms with Gasteiger partial charge < -0.3 is 34.5 Å². The fraction of sp³-hybridized carbons (Fsp3) is 0.767. The molecule has 1 unspecified atom stereocenters. The molecule has 2 saturated heterocycles. The van der Waals surface area contributed by atoms with Crippen molar-refractivity contribution >= 4 is 11.6 Å². The summed E-state index contributed by atoms with van der Waals surface area (Å²) in [6.07, 6.45) is 6.90. The number of methoxy groups -OCH3 is 1. The van der Waals surface area contributed by atoms with Crippen molar-refractivity contribution in [1.29, 1.82) is 0 Å². The topological polar surface area (TPSA) is 81.3 Å². The monoisotopic (exact) mass is 531 g/mol. The Balaban J connectivity index is 1.20. The second kappa shape index (κ2) is 15.1. The van der Waals surface area contributed by atoms with Gasteiger partial charge in [0.05, 0.1) is 24.9 Å². The van der Waals surface area contributed by atoms with Gasteiger partial charge in [-0.15, -0.1) is 0 Å². The van der Waals surface area contributed by atoms with Crippen molar-refractivity contribution in [2.24, 2.45) is 11.8 Å². The lowest BCUT2D eigenvalue weighted by molar-refractivity contribution is -0.123. The van der Waals surface area contributed by atoms with Crippen molar-refractivity contribution < 1.29 is 23.7 Å². The molecular formula is C30H49N3O5. The highest BCUT2D eigenvalue weighted by Crippen LogP contribution is 2.33. The van der Waals surface area contributed by atoms with Crippen molar-refractivity contribution in [2.45, 2.75) is 83.6 Å². The van der Waals surface area contributed by atoms with Gasteiger partial charge in [0, 0.05) is 58.5 Å². The van der Waals surface area contributed by atoms with E-state index in [1.807, 2.05) is 0 Å². The molecule has 0 spiro atoms. The first-order valence-corrected chi connectivity index (χ1v) is 14.7. The fourth-order valence-electron chi connectivity index (χ4n) is 5.77. The van der Waals surface area contributed by atoms with Crippen LogP contribution in [0.5, 0.6) is 5.75 Å². The molecule has 1 aromatic carbocycles. The van der Waals surface area contributed by atoms with Gasteiger partial charge in [-0.3, -0.25) is 4.79 Å². The summed E-state index contributed by atoms with van der Waals surface area (Å²) in [6, 6.07) is 7.02. The molecule has 38 heavy (non-hydrogen) atoms. The van der Waals surface area contributed by atoms with Gasteiger partial charge in [-0.1, -0.05) is 19.9 Å². The SMILES string of the molecule is COCCCN1CCOc2ccc(CO[C@@H]3CC[C@@H](CC(NC(=O)CC4CCOCC4)C(C)C)NC3)cc21. The molecule has 0 aliphatic carbocycles. The van der Waals surface area contributed by atoms with E-state index in [4.69, 9.17) is 18.9 Å². The van der Waals surface area contributed by atoms with E-state index >= 15 is 0 Å². The molecule has 0 bridgehead atoms. The first kappa shape index (κ1) is 29.1. The number of carbonyl (C=O) groups excluding carboxylic acids is 1. The minimum Gasteiger partial charge on any atom is -0.490 e. The molecule has 8 nitrogen and oxygen atoms in total. The van der Waals surface area contributed by atoms with Crippen LogP contribution in [0.2, 0.25) is 0 Å². The van der Waals surface area contributed by atoms with Crippen molar-refractivity contribution in [3.05, 3.63) is 23.8 Å². The highest BCUT2D eigenvalue weighted by atomic mass is 16.5. The van der Waals surface area contributed by atoms with E-state index in [1.165, 1.54) is 5.56 Å². The van der Waals surface area contributed by atoms with Crippen LogP contribution in [-0.4, -0.2) is 77.3 Å². The zero-order valence-corrected chi connectivity index (χ0v) is 23.7. The maximum absolute atomic E-state index is 12.7. The minimum absolute atomic E-state index is 0.195. The summed E-state index contributed by atoms with van der Waals surface area (Å²) in [5.41, 5.74) is 2.34. The van der Waals surface area contributed by atoms with E-state index in [-0.39, 0.29) is 18.1 Å². The summed E-state index contributed by atoms with van der Waals surface area (Å²) in [6.45, 7) is 10.8. The number of ether oxygens (including phenoxy) is 4. The summed E-state index contributed by atoms with van der Waals surface area (Å²) in [5, 5.41) is 7.04. The lowest BCUT2D eigenvalue weighted by Crippen LogP contribution is -2.48. The Labute approximate surface area is 229 Å². The van der Waals surface area contributed by atoms with Crippen LogP contribution in [0.4, 0.5) is 5.69 Å². The molecule has 2 fully saturated rings. The van der Waals surface area contributed by atoms with Gasteiger partial charge in [0.25, 0.3) is 0 Å². The van der Waals surface area contributed by atoms with E-state index in [1.54, 1.807) is 7.11 Å². The number of rotatable bonds is 13. The Morgan fingerprint density at radius 2 is 2.03 bits per heavy atom. The molecule has 0 aromatic heterocycles. The molecule has 0 radical (unpaired) electrons. The molecule has 0 saturated carbocycles. The van der Waals surface area contributed by atoms with Gasteiger partial charge >= 0.3 is 0 Å². The van der Waals surface area contributed by atoms with Crippen LogP contribution in [-0.2, 0) is 25.6 Å². The minimum atomic E-state index is 0.195. The summed E-state index contributed by atoms with van der Waals surface area (Å²) in [4.78, 5) is 15.1. The Hall–Kier alpha value is -1.87. The average Bonchev–Trinajstić information content (AvgIpc) is 2.93. The molecule has 3 aliphatic rings. The Kier molecular flexibility index (Phi) is 11.5. The number of piperidine rings is 1. The standard InChI is InChI=1S/C30H49N3O5/c1-22(2)27(32-30(34)18-23-9-14-36-15-10-23)19-25-6-7-26(20-31-25)38-21-24-5-8-29-28(17-24)33(12-16-37-29)11-4-13-35-3/h5,8,17,22-23,25-27,31H,4,6-7,9-16,18-21H2,1-3H3,(H,32,34)/t25-,26+,27?/m0/s1. The third-order valence-corrected chi connectivity index (χ3v) is 8.22. The molecule has 8 heteroatoms. The van der Waals surface area contributed by atoms with Crippen molar-refractivity contribution in [3.63, 3.8) is 0 Å². The summed E-state index contributed by atoms with van der Waals surface area (Å²) in [7, 11) is 1.75. The van der Waals surface area contributed by atoms with Gasteiger partial charge in [0.15, 0.2) is 0 Å². The maximum atomic E-state index is 12.7. The van der Waals surface area contributed by atoms with Gasteiger partial charge in [-0.05, 0) is 68.1 Å². The van der Waals surface area contributed by atoms with Crippen LogP contribution >= 0.6 is 0 Å². The number of hydrogen-bond donors (Lipinski definition) is 2. The lowest BCUT2D eigenvalue weighted by Gasteiger charge is -2.34. The van der Waals surface area contributed by atoms with Crippen molar-refractivity contribution in [1.82, 2.24) is 10.6 Å². The zero-order valence-electron chi connectivity index (χ0n) is 23.7. The zero-order chi connectivity index (χ0) is 26.7. The first-order chi connectivity index (χ1) is 18.5. The van der Waals surface area contributed by atoms with Crippen LogP contribution in [0.25, 0.3) is 0 Å². The molecule has 3 atom stereocenters.